The maximum Gasteiger partial charge on any atom is 0.297 e. The molecule has 0 fully saturated rings. The zero-order valence-electron chi connectivity index (χ0n) is 12.0. The van der Waals surface area contributed by atoms with Crippen LogP contribution in [-0.2, 0) is 6.54 Å². The Balaban J connectivity index is 1.83. The number of halogens is 2. The predicted octanol–water partition coefficient (Wildman–Crippen LogP) is 3.64. The molecule has 0 aliphatic rings. The van der Waals surface area contributed by atoms with Crippen LogP contribution in [0.1, 0.15) is 5.56 Å². The predicted molar refractivity (Wildman–Crippen MR) is 88.6 cm³/mol. The van der Waals surface area contributed by atoms with Gasteiger partial charge < -0.3 is 5.32 Å². The number of nitrogens with one attached hydrogen (secondary N) is 1. The summed E-state index contributed by atoms with van der Waals surface area (Å²) in [6.45, 7) is 0.382. The normalized spacial score (nSPS) is 10.5. The van der Waals surface area contributed by atoms with Gasteiger partial charge in [-0.25, -0.2) is 9.37 Å². The largest absolute Gasteiger partial charge is 0.361 e. The second-order valence-corrected chi connectivity index (χ2v) is 5.34. The average Bonchev–Trinajstić information content (AvgIpc) is 2.56. The molecule has 3 rings (SSSR count). The summed E-state index contributed by atoms with van der Waals surface area (Å²) in [7, 11) is 0. The van der Waals surface area contributed by atoms with Gasteiger partial charge in [0.2, 0.25) is 0 Å². The molecule has 0 radical (unpaired) electrons. The minimum absolute atomic E-state index is 0.228. The quantitative estimate of drug-likeness (QED) is 0.795. The molecule has 1 aromatic heterocycles. The molecule has 23 heavy (non-hydrogen) atoms. The van der Waals surface area contributed by atoms with Crippen LogP contribution in [0.4, 0.5) is 10.2 Å². The Hall–Kier alpha value is -2.66. The van der Waals surface area contributed by atoms with Crippen molar-refractivity contribution in [2.24, 2.45) is 0 Å². The average molecular weight is 330 g/mol. The van der Waals surface area contributed by atoms with Crippen LogP contribution in [0.15, 0.2) is 65.7 Å². The van der Waals surface area contributed by atoms with Gasteiger partial charge in [0.25, 0.3) is 5.56 Å². The van der Waals surface area contributed by atoms with Gasteiger partial charge in [0, 0.05) is 29.6 Å². The Kier molecular flexibility index (Phi) is 4.39. The molecule has 0 unspecified atom stereocenters. The van der Waals surface area contributed by atoms with Crippen molar-refractivity contribution >= 4 is 17.4 Å². The molecular weight excluding hydrogens is 317 g/mol. The van der Waals surface area contributed by atoms with E-state index in [1.165, 1.54) is 16.7 Å². The number of rotatable bonds is 4. The molecule has 4 nitrogen and oxygen atoms in total. The van der Waals surface area contributed by atoms with Crippen LogP contribution in [0.3, 0.4) is 0 Å². The Bertz CT molecular complexity index is 860. The molecule has 0 saturated heterocycles. The van der Waals surface area contributed by atoms with E-state index in [0.717, 1.165) is 5.56 Å². The summed E-state index contributed by atoms with van der Waals surface area (Å²) in [5.74, 6) is -0.0662. The molecule has 0 aliphatic heterocycles. The van der Waals surface area contributed by atoms with Gasteiger partial charge in [0.15, 0.2) is 5.82 Å². The highest BCUT2D eigenvalue weighted by molar-refractivity contribution is 6.30. The molecule has 6 heteroatoms. The van der Waals surface area contributed by atoms with Crippen LogP contribution >= 0.6 is 11.6 Å². The fourth-order valence-electron chi connectivity index (χ4n) is 2.13. The van der Waals surface area contributed by atoms with Crippen molar-refractivity contribution in [3.05, 3.63) is 87.7 Å². The molecule has 0 bridgehead atoms. The zero-order valence-corrected chi connectivity index (χ0v) is 12.8. The Labute approximate surface area is 137 Å². The molecular formula is C17H13ClFN3O. The highest BCUT2D eigenvalue weighted by Crippen LogP contribution is 2.12. The van der Waals surface area contributed by atoms with Crippen LogP contribution in [-0.4, -0.2) is 9.55 Å². The number of hydrogen-bond acceptors (Lipinski definition) is 3. The zero-order chi connectivity index (χ0) is 16.2. The van der Waals surface area contributed by atoms with E-state index in [1.807, 2.05) is 0 Å². The van der Waals surface area contributed by atoms with E-state index >= 15 is 0 Å². The van der Waals surface area contributed by atoms with E-state index in [-0.39, 0.29) is 17.2 Å². The SMILES string of the molecule is O=c1c(NCc2ccc(F)cc2)nccn1-c1ccc(Cl)cc1. The minimum Gasteiger partial charge on any atom is -0.361 e. The van der Waals surface area contributed by atoms with Gasteiger partial charge in [0.05, 0.1) is 0 Å². The summed E-state index contributed by atoms with van der Waals surface area (Å²) in [6, 6.07) is 13.0. The second kappa shape index (κ2) is 6.62. The van der Waals surface area contributed by atoms with Gasteiger partial charge in [-0.2, -0.15) is 0 Å². The fraction of sp³-hybridized carbons (Fsp3) is 0.0588. The van der Waals surface area contributed by atoms with Crippen LogP contribution in [0.25, 0.3) is 5.69 Å². The first kappa shape index (κ1) is 15.2. The van der Waals surface area contributed by atoms with E-state index in [1.54, 1.807) is 48.8 Å². The van der Waals surface area contributed by atoms with Crippen LogP contribution in [0, 0.1) is 5.82 Å². The van der Waals surface area contributed by atoms with Crippen molar-refractivity contribution < 1.29 is 4.39 Å². The van der Waals surface area contributed by atoms with Crippen LogP contribution in [0.5, 0.6) is 0 Å². The van der Waals surface area contributed by atoms with E-state index < -0.39 is 0 Å². The molecule has 0 amide bonds. The monoisotopic (exact) mass is 329 g/mol. The van der Waals surface area contributed by atoms with Crippen molar-refractivity contribution in [3.63, 3.8) is 0 Å². The number of aromatic nitrogens is 2. The van der Waals surface area contributed by atoms with Gasteiger partial charge in [-0.1, -0.05) is 23.7 Å². The third-order valence-corrected chi connectivity index (χ3v) is 3.57. The van der Waals surface area contributed by atoms with E-state index in [4.69, 9.17) is 11.6 Å². The summed E-state index contributed by atoms with van der Waals surface area (Å²) in [5, 5.41) is 3.58. The topological polar surface area (TPSA) is 46.9 Å². The number of hydrogen-bond donors (Lipinski definition) is 1. The first-order chi connectivity index (χ1) is 11.1. The lowest BCUT2D eigenvalue weighted by atomic mass is 10.2. The lowest BCUT2D eigenvalue weighted by Crippen LogP contribution is -2.23. The van der Waals surface area contributed by atoms with E-state index in [9.17, 15) is 9.18 Å². The summed E-state index contributed by atoms with van der Waals surface area (Å²) in [6.07, 6.45) is 3.14. The first-order valence-electron chi connectivity index (χ1n) is 6.95. The van der Waals surface area contributed by atoms with E-state index in [0.29, 0.717) is 17.3 Å². The molecule has 116 valence electrons. The Morgan fingerprint density at radius 3 is 2.48 bits per heavy atom. The van der Waals surface area contributed by atoms with Gasteiger partial charge in [-0.05, 0) is 42.0 Å². The van der Waals surface area contributed by atoms with Crippen LogP contribution < -0.4 is 10.9 Å². The van der Waals surface area contributed by atoms with E-state index in [2.05, 4.69) is 10.3 Å². The van der Waals surface area contributed by atoms with Crippen molar-refractivity contribution in [2.75, 3.05) is 5.32 Å². The maximum absolute atomic E-state index is 12.9. The van der Waals surface area contributed by atoms with Crippen molar-refractivity contribution in [1.29, 1.82) is 0 Å². The summed E-state index contributed by atoms with van der Waals surface area (Å²) < 4.78 is 14.4. The number of nitrogens with zero attached hydrogens (tertiary/aromatic N) is 2. The third kappa shape index (κ3) is 3.57. The molecule has 1 heterocycles. The first-order valence-corrected chi connectivity index (χ1v) is 7.33. The van der Waals surface area contributed by atoms with Gasteiger partial charge >= 0.3 is 0 Å². The molecule has 0 spiro atoms. The molecule has 2 aromatic carbocycles. The Morgan fingerprint density at radius 2 is 1.78 bits per heavy atom. The van der Waals surface area contributed by atoms with Crippen LogP contribution in [0.2, 0.25) is 5.02 Å². The second-order valence-electron chi connectivity index (χ2n) is 4.91. The molecule has 1 N–H and O–H groups in total. The molecule has 0 atom stereocenters. The van der Waals surface area contributed by atoms with Gasteiger partial charge in [-0.15, -0.1) is 0 Å². The molecule has 0 aliphatic carbocycles. The van der Waals surface area contributed by atoms with Crippen molar-refractivity contribution in [2.45, 2.75) is 6.54 Å². The summed E-state index contributed by atoms with van der Waals surface area (Å²) >= 11 is 5.86. The molecule has 0 saturated carbocycles. The lowest BCUT2D eigenvalue weighted by Gasteiger charge is -2.09. The molecule has 3 aromatic rings. The van der Waals surface area contributed by atoms with Crippen molar-refractivity contribution in [1.82, 2.24) is 9.55 Å². The fourth-order valence-corrected chi connectivity index (χ4v) is 2.25. The van der Waals surface area contributed by atoms with Crippen molar-refractivity contribution in [3.8, 4) is 5.69 Å². The highest BCUT2D eigenvalue weighted by Gasteiger charge is 2.06. The van der Waals surface area contributed by atoms with Gasteiger partial charge in [0.1, 0.15) is 5.82 Å². The maximum atomic E-state index is 12.9. The number of benzene rings is 2. The third-order valence-electron chi connectivity index (χ3n) is 3.32. The summed E-state index contributed by atoms with van der Waals surface area (Å²) in [4.78, 5) is 16.5. The highest BCUT2D eigenvalue weighted by atomic mass is 35.5. The summed E-state index contributed by atoms with van der Waals surface area (Å²) in [5.41, 5.74) is 1.29. The standard InChI is InChI=1S/C17H13ClFN3O/c18-13-3-7-15(8-4-13)22-10-9-20-16(17(22)23)21-11-12-1-5-14(19)6-2-12/h1-10H,11H2,(H,20,21). The minimum atomic E-state index is -0.295. The number of anilines is 1. The lowest BCUT2D eigenvalue weighted by molar-refractivity contribution is 0.627. The van der Waals surface area contributed by atoms with Gasteiger partial charge in [-0.3, -0.25) is 9.36 Å². The smallest absolute Gasteiger partial charge is 0.297 e. The Morgan fingerprint density at radius 1 is 1.09 bits per heavy atom.